The molecule has 1 saturated heterocycles. The van der Waals surface area contributed by atoms with Gasteiger partial charge in [-0.2, -0.15) is 4.37 Å². The number of nitrogens with one attached hydrogen (secondary N) is 1. The number of rotatable bonds is 9. The highest BCUT2D eigenvalue weighted by molar-refractivity contribution is 7.09. The first-order chi connectivity index (χ1) is 15.3. The van der Waals surface area contributed by atoms with E-state index in [2.05, 4.69) is 9.69 Å². The Bertz CT molecular complexity index is 971. The molecule has 2 atom stereocenters. The van der Waals surface area contributed by atoms with Crippen molar-refractivity contribution in [2.75, 3.05) is 30.4 Å². The average molecular weight is 462 g/mol. The third-order valence-electron chi connectivity index (χ3n) is 5.09. The Kier molecular flexibility index (Phi) is 7.65. The molecular formula is C21H27N5O5S. The number of aromatic nitrogens is 1. The fraction of sp³-hybridized carbons (Fsp3) is 0.429. The maximum absolute atomic E-state index is 13.4. The number of nitrogens with two attached hydrogens (primary N) is 2. The van der Waals surface area contributed by atoms with Gasteiger partial charge >= 0.3 is 0 Å². The lowest BCUT2D eigenvalue weighted by Gasteiger charge is -2.28. The molecule has 0 aliphatic carbocycles. The number of ether oxygens (including phenoxy) is 2. The van der Waals surface area contributed by atoms with Gasteiger partial charge in [-0.25, -0.2) is 0 Å². The molecule has 0 bridgehead atoms. The van der Waals surface area contributed by atoms with Gasteiger partial charge in [-0.1, -0.05) is 0 Å². The van der Waals surface area contributed by atoms with Crippen LogP contribution in [0.5, 0.6) is 5.75 Å². The van der Waals surface area contributed by atoms with E-state index in [4.69, 9.17) is 20.9 Å². The average Bonchev–Trinajstić information content (AvgIpc) is 3.43. The summed E-state index contributed by atoms with van der Waals surface area (Å²) in [4.78, 5) is 39.2. The Morgan fingerprint density at radius 1 is 1.34 bits per heavy atom. The van der Waals surface area contributed by atoms with Crippen LogP contribution in [0.4, 0.5) is 11.4 Å². The van der Waals surface area contributed by atoms with Crippen molar-refractivity contribution in [3.05, 3.63) is 34.8 Å². The number of carbonyl (C=O) groups excluding carboxylic acids is 3. The molecule has 11 heteroatoms. The number of nitrogen functional groups attached to an aromatic ring is 1. The van der Waals surface area contributed by atoms with Crippen LogP contribution in [0, 0.1) is 0 Å². The van der Waals surface area contributed by atoms with E-state index in [1.807, 2.05) is 6.92 Å². The van der Waals surface area contributed by atoms with E-state index in [9.17, 15) is 14.4 Å². The summed E-state index contributed by atoms with van der Waals surface area (Å²) in [6.07, 6.45) is 1.81. The molecule has 2 heterocycles. The Morgan fingerprint density at radius 3 is 2.62 bits per heavy atom. The number of nitrogens with zero attached hydrogens (tertiary/aromatic N) is 2. The SMILES string of the molecule is CCOc1ccc(N(C(=O)c2snc(C(N)=O)c2N)[C@H](C)C(=O)NC[C@H]2CCCO2)cc1. The van der Waals surface area contributed by atoms with E-state index in [1.165, 1.54) is 4.90 Å². The molecule has 3 amide bonds. The van der Waals surface area contributed by atoms with Crippen molar-refractivity contribution in [3.8, 4) is 5.75 Å². The fourth-order valence-electron chi connectivity index (χ4n) is 3.41. The van der Waals surface area contributed by atoms with Gasteiger partial charge in [0.25, 0.3) is 11.8 Å². The van der Waals surface area contributed by atoms with Gasteiger partial charge in [0.15, 0.2) is 5.69 Å². The molecule has 1 aliphatic heterocycles. The Hall–Kier alpha value is -3.18. The molecule has 1 aliphatic rings. The van der Waals surface area contributed by atoms with Crippen LogP contribution in [0.15, 0.2) is 24.3 Å². The van der Waals surface area contributed by atoms with Gasteiger partial charge in [0.05, 0.1) is 18.4 Å². The molecule has 1 aromatic carbocycles. The number of amides is 3. The first-order valence-electron chi connectivity index (χ1n) is 10.3. The van der Waals surface area contributed by atoms with E-state index in [-0.39, 0.29) is 28.3 Å². The second-order valence-electron chi connectivity index (χ2n) is 7.30. The molecule has 5 N–H and O–H groups in total. The summed E-state index contributed by atoms with van der Waals surface area (Å²) in [5.41, 5.74) is 11.4. The maximum atomic E-state index is 13.4. The zero-order chi connectivity index (χ0) is 23.3. The van der Waals surface area contributed by atoms with Gasteiger partial charge in [-0.15, -0.1) is 0 Å². The lowest BCUT2D eigenvalue weighted by atomic mass is 10.1. The first-order valence-corrected chi connectivity index (χ1v) is 11.1. The summed E-state index contributed by atoms with van der Waals surface area (Å²) in [5, 5.41) is 2.85. The molecule has 0 spiro atoms. The molecule has 172 valence electrons. The van der Waals surface area contributed by atoms with Crippen LogP contribution in [-0.4, -0.2) is 54.0 Å². The van der Waals surface area contributed by atoms with Crippen molar-refractivity contribution in [2.45, 2.75) is 38.8 Å². The Labute approximate surface area is 190 Å². The summed E-state index contributed by atoms with van der Waals surface area (Å²) in [6.45, 7) is 5.03. The largest absolute Gasteiger partial charge is 0.494 e. The van der Waals surface area contributed by atoms with Crippen molar-refractivity contribution >= 4 is 40.6 Å². The van der Waals surface area contributed by atoms with Crippen molar-refractivity contribution in [2.24, 2.45) is 5.73 Å². The van der Waals surface area contributed by atoms with Crippen LogP contribution in [0.1, 0.15) is 46.8 Å². The van der Waals surface area contributed by atoms with Crippen molar-refractivity contribution in [1.82, 2.24) is 9.69 Å². The number of hydrogen-bond acceptors (Lipinski definition) is 8. The van der Waals surface area contributed by atoms with Crippen LogP contribution in [0.25, 0.3) is 0 Å². The highest BCUT2D eigenvalue weighted by Crippen LogP contribution is 2.28. The zero-order valence-electron chi connectivity index (χ0n) is 18.0. The smallest absolute Gasteiger partial charge is 0.272 e. The zero-order valence-corrected chi connectivity index (χ0v) is 18.8. The standard InChI is InChI=1S/C21H27N5O5S/c1-3-30-14-8-6-13(7-9-14)26(12(2)20(28)24-11-15-5-4-10-31-15)21(29)18-16(22)17(19(23)27)25-32-18/h6-9,12,15H,3-5,10-11,22H2,1-2H3,(H2,23,27)(H,24,28)/t12-,15-/m1/s1. The molecule has 3 rings (SSSR count). The molecular weight excluding hydrogens is 434 g/mol. The predicted octanol–water partition coefficient (Wildman–Crippen LogP) is 1.55. The topological polar surface area (TPSA) is 150 Å². The lowest BCUT2D eigenvalue weighted by Crippen LogP contribution is -2.49. The first kappa shape index (κ1) is 23.5. The monoisotopic (exact) mass is 461 g/mol. The second-order valence-corrected chi connectivity index (χ2v) is 8.07. The summed E-state index contributed by atoms with van der Waals surface area (Å²) < 4.78 is 14.9. The molecule has 1 fully saturated rings. The molecule has 0 saturated carbocycles. The van der Waals surface area contributed by atoms with Gasteiger partial charge in [0.2, 0.25) is 5.91 Å². The highest BCUT2D eigenvalue weighted by Gasteiger charge is 2.32. The number of primary amides is 1. The van der Waals surface area contributed by atoms with Crippen LogP contribution in [-0.2, 0) is 9.53 Å². The van der Waals surface area contributed by atoms with Crippen LogP contribution < -0.4 is 26.4 Å². The summed E-state index contributed by atoms with van der Waals surface area (Å²) in [6, 6.07) is 5.90. The van der Waals surface area contributed by atoms with Crippen molar-refractivity contribution in [3.63, 3.8) is 0 Å². The minimum Gasteiger partial charge on any atom is -0.494 e. The molecule has 32 heavy (non-hydrogen) atoms. The van der Waals surface area contributed by atoms with E-state index >= 15 is 0 Å². The summed E-state index contributed by atoms with van der Waals surface area (Å²) >= 11 is 0.766. The van der Waals surface area contributed by atoms with E-state index in [0.717, 1.165) is 24.4 Å². The summed E-state index contributed by atoms with van der Waals surface area (Å²) in [7, 11) is 0. The third kappa shape index (κ3) is 5.17. The van der Waals surface area contributed by atoms with E-state index < -0.39 is 17.9 Å². The molecule has 0 unspecified atom stereocenters. The maximum Gasteiger partial charge on any atom is 0.272 e. The minimum absolute atomic E-state index is 0.0314. The van der Waals surface area contributed by atoms with Crippen molar-refractivity contribution < 1.29 is 23.9 Å². The fourth-order valence-corrected chi connectivity index (χ4v) is 4.15. The van der Waals surface area contributed by atoms with Crippen molar-refractivity contribution in [1.29, 1.82) is 0 Å². The van der Waals surface area contributed by atoms with Gasteiger partial charge in [0.1, 0.15) is 16.7 Å². The Morgan fingerprint density at radius 2 is 2.06 bits per heavy atom. The highest BCUT2D eigenvalue weighted by atomic mass is 32.1. The normalized spacial score (nSPS) is 16.4. The molecule has 2 aromatic rings. The van der Waals surface area contributed by atoms with Gasteiger partial charge in [0, 0.05) is 18.8 Å². The number of anilines is 2. The van der Waals surface area contributed by atoms with Crippen LogP contribution in [0.3, 0.4) is 0 Å². The van der Waals surface area contributed by atoms with Gasteiger partial charge < -0.3 is 26.3 Å². The van der Waals surface area contributed by atoms with E-state index in [0.29, 0.717) is 31.2 Å². The molecule has 10 nitrogen and oxygen atoms in total. The van der Waals surface area contributed by atoms with Crippen LogP contribution in [0.2, 0.25) is 0 Å². The summed E-state index contributed by atoms with van der Waals surface area (Å²) in [5.74, 6) is -1.10. The third-order valence-corrected chi connectivity index (χ3v) is 5.95. The Balaban J connectivity index is 1.88. The van der Waals surface area contributed by atoms with Gasteiger partial charge in [-0.05, 0) is 62.5 Å². The predicted molar refractivity (Wildman–Crippen MR) is 121 cm³/mol. The quantitative estimate of drug-likeness (QED) is 0.513. The minimum atomic E-state index is -0.875. The number of benzene rings is 1. The molecule has 1 aromatic heterocycles. The van der Waals surface area contributed by atoms with E-state index in [1.54, 1.807) is 31.2 Å². The molecule has 0 radical (unpaired) electrons. The number of carbonyl (C=O) groups is 3. The lowest BCUT2D eigenvalue weighted by molar-refractivity contribution is -0.122. The van der Waals surface area contributed by atoms with Crippen LogP contribution >= 0.6 is 11.5 Å². The second kappa shape index (κ2) is 10.4. The number of hydrogen-bond donors (Lipinski definition) is 3. The van der Waals surface area contributed by atoms with Gasteiger partial charge in [-0.3, -0.25) is 19.3 Å².